The van der Waals surface area contributed by atoms with Gasteiger partial charge in [0.2, 0.25) is 17.7 Å². The predicted molar refractivity (Wildman–Crippen MR) is 193 cm³/mol. The Morgan fingerprint density at radius 2 is 1.61 bits per heavy atom. The highest BCUT2D eigenvalue weighted by Gasteiger charge is 2.43. The van der Waals surface area contributed by atoms with Gasteiger partial charge in [0, 0.05) is 45.6 Å². The predicted octanol–water partition coefficient (Wildman–Crippen LogP) is 5.42. The summed E-state index contributed by atoms with van der Waals surface area (Å²) in [7, 11) is 4.90. The number of ether oxygens (including phenoxy) is 2. The number of rotatable bonds is 18. The zero-order valence-electron chi connectivity index (χ0n) is 32.2. The number of aliphatic hydroxyl groups excluding tert-OH is 1. The number of hydrogen-bond acceptors (Lipinski definition) is 7. The van der Waals surface area contributed by atoms with Crippen molar-refractivity contribution >= 4 is 23.5 Å². The van der Waals surface area contributed by atoms with Crippen LogP contribution in [-0.4, -0.2) is 96.6 Å². The van der Waals surface area contributed by atoms with E-state index in [0.717, 1.165) is 12.8 Å². The topological polar surface area (TPSA) is 125 Å². The number of carbonyl (C=O) groups excluding carboxylic acids is 4. The van der Waals surface area contributed by atoms with Crippen LogP contribution in [0, 0.1) is 29.1 Å². The first-order chi connectivity index (χ1) is 22.9. The van der Waals surface area contributed by atoms with Crippen molar-refractivity contribution in [3.63, 3.8) is 0 Å². The summed E-state index contributed by atoms with van der Waals surface area (Å²) < 4.78 is 11.9. The molecule has 0 aliphatic carbocycles. The van der Waals surface area contributed by atoms with Crippen molar-refractivity contribution in [3.05, 3.63) is 35.9 Å². The molecule has 0 spiro atoms. The normalized spacial score (nSPS) is 20.1. The fraction of sp³-hybridized carbons (Fsp3) is 0.744. The van der Waals surface area contributed by atoms with Gasteiger partial charge in [-0.3, -0.25) is 19.2 Å². The summed E-state index contributed by atoms with van der Waals surface area (Å²) in [5.74, 6) is -1.53. The van der Waals surface area contributed by atoms with E-state index < -0.39 is 41.6 Å². The lowest BCUT2D eigenvalue weighted by atomic mass is 9.80. The minimum atomic E-state index is -0.868. The first-order valence-electron chi connectivity index (χ1n) is 18.1. The van der Waals surface area contributed by atoms with E-state index in [0.29, 0.717) is 18.5 Å². The lowest BCUT2D eigenvalue weighted by Crippen LogP contribution is -2.54. The Hall–Kier alpha value is -2.82. The van der Waals surface area contributed by atoms with Crippen molar-refractivity contribution in [1.82, 2.24) is 15.1 Å². The van der Waals surface area contributed by atoms with E-state index in [1.54, 1.807) is 44.9 Å². The Kier molecular flexibility index (Phi) is 16.4. The van der Waals surface area contributed by atoms with E-state index in [1.165, 1.54) is 0 Å². The number of hydrogen-bond donors (Lipinski definition) is 2. The minimum absolute atomic E-state index is 0.0240. The molecule has 1 aliphatic heterocycles. The van der Waals surface area contributed by atoms with Crippen LogP contribution in [0.5, 0.6) is 0 Å². The molecule has 1 fully saturated rings. The molecule has 49 heavy (non-hydrogen) atoms. The number of likely N-dealkylation sites (N-methyl/N-ethyl adjacent to an activating group) is 1. The molecule has 1 aromatic rings. The van der Waals surface area contributed by atoms with Gasteiger partial charge in [-0.1, -0.05) is 92.1 Å². The van der Waals surface area contributed by atoms with Gasteiger partial charge in [0.05, 0.1) is 48.8 Å². The second kappa shape index (κ2) is 19.0. The van der Waals surface area contributed by atoms with Crippen LogP contribution < -0.4 is 5.32 Å². The number of benzene rings is 1. The fourth-order valence-corrected chi connectivity index (χ4v) is 7.06. The van der Waals surface area contributed by atoms with Crippen molar-refractivity contribution < 1.29 is 33.8 Å². The first kappa shape index (κ1) is 42.3. The van der Waals surface area contributed by atoms with Gasteiger partial charge in [0.1, 0.15) is 5.78 Å². The molecule has 1 heterocycles. The molecule has 10 heteroatoms. The largest absolute Gasteiger partial charge is 0.386 e. The van der Waals surface area contributed by atoms with E-state index in [2.05, 4.69) is 19.2 Å². The van der Waals surface area contributed by atoms with Gasteiger partial charge in [-0.2, -0.15) is 0 Å². The number of ketones is 1. The zero-order chi connectivity index (χ0) is 37.2. The SMILES string of the molecule is CC[C@H](C)[C@@H]([C@@H](CC(=O)N1CCC[C@H]1[C@H](OC)[C@@H](C)C(=O)N[C@H](C)[C@@H](O)c1ccccc1)OC)N(C)C(=O)[C@@H](CC(=O)C(C)(C)C)C(C)C. The maximum Gasteiger partial charge on any atom is 0.226 e. The molecule has 1 aliphatic rings. The zero-order valence-corrected chi connectivity index (χ0v) is 32.2. The van der Waals surface area contributed by atoms with Crippen LogP contribution >= 0.6 is 0 Å². The van der Waals surface area contributed by atoms with Gasteiger partial charge in [-0.15, -0.1) is 0 Å². The molecule has 0 bridgehead atoms. The smallest absolute Gasteiger partial charge is 0.226 e. The number of nitrogens with one attached hydrogen (secondary N) is 1. The molecule has 1 aromatic carbocycles. The molecular formula is C39H65N3O7. The third-order valence-corrected chi connectivity index (χ3v) is 10.6. The van der Waals surface area contributed by atoms with Crippen LogP contribution in [0.25, 0.3) is 0 Å². The number of aliphatic hydroxyl groups is 1. The Labute approximate surface area is 295 Å². The van der Waals surface area contributed by atoms with Gasteiger partial charge >= 0.3 is 0 Å². The van der Waals surface area contributed by atoms with Crippen molar-refractivity contribution in [2.45, 2.75) is 131 Å². The summed E-state index contributed by atoms with van der Waals surface area (Å²) in [4.78, 5) is 58.1. The highest BCUT2D eigenvalue weighted by atomic mass is 16.5. The lowest BCUT2D eigenvalue weighted by molar-refractivity contribution is -0.149. The summed E-state index contributed by atoms with van der Waals surface area (Å²) in [5.41, 5.74) is 0.170. The second-order valence-corrected chi connectivity index (χ2v) is 15.5. The van der Waals surface area contributed by atoms with Crippen LogP contribution in [0.2, 0.25) is 0 Å². The molecule has 3 amide bonds. The maximum absolute atomic E-state index is 14.1. The third kappa shape index (κ3) is 11.1. The van der Waals surface area contributed by atoms with Crippen LogP contribution in [0.4, 0.5) is 0 Å². The molecule has 0 aromatic heterocycles. The molecule has 0 saturated carbocycles. The van der Waals surface area contributed by atoms with Crippen molar-refractivity contribution in [2.24, 2.45) is 29.1 Å². The average molecular weight is 688 g/mol. The summed E-state index contributed by atoms with van der Waals surface area (Å²) in [6, 6.07) is 7.96. The van der Waals surface area contributed by atoms with Crippen molar-refractivity contribution in [1.29, 1.82) is 0 Å². The number of likely N-dealkylation sites (tertiary alicyclic amines) is 1. The Bertz CT molecular complexity index is 1220. The number of methoxy groups -OCH3 is 2. The Morgan fingerprint density at radius 1 is 1.00 bits per heavy atom. The van der Waals surface area contributed by atoms with E-state index in [-0.39, 0.29) is 60.3 Å². The Morgan fingerprint density at radius 3 is 2.12 bits per heavy atom. The van der Waals surface area contributed by atoms with Crippen LogP contribution in [0.15, 0.2) is 30.3 Å². The molecule has 2 rings (SSSR count). The first-order valence-corrected chi connectivity index (χ1v) is 18.1. The third-order valence-electron chi connectivity index (χ3n) is 10.6. The Balaban J connectivity index is 2.23. The number of carbonyl (C=O) groups is 4. The number of amides is 3. The molecule has 1 saturated heterocycles. The minimum Gasteiger partial charge on any atom is -0.386 e. The summed E-state index contributed by atoms with van der Waals surface area (Å²) in [5, 5.41) is 13.7. The van der Waals surface area contributed by atoms with Gasteiger partial charge in [-0.05, 0) is 37.2 Å². The molecular weight excluding hydrogens is 622 g/mol. The molecule has 9 atom stereocenters. The highest BCUT2D eigenvalue weighted by molar-refractivity contribution is 5.90. The number of nitrogens with zero attached hydrogens (tertiary/aromatic N) is 2. The summed E-state index contributed by atoms with van der Waals surface area (Å²) >= 11 is 0. The van der Waals surface area contributed by atoms with Crippen LogP contribution in [-0.2, 0) is 28.7 Å². The number of Topliss-reactive ketones (excluding diaryl/α,β-unsaturated/α-hetero) is 1. The maximum atomic E-state index is 14.1. The quantitative estimate of drug-likeness (QED) is 0.211. The lowest BCUT2D eigenvalue weighted by Gasteiger charge is -2.41. The van der Waals surface area contributed by atoms with Gasteiger partial charge in [0.25, 0.3) is 0 Å². The summed E-state index contributed by atoms with van der Waals surface area (Å²) in [6.07, 6.45) is 0.449. The fourth-order valence-electron chi connectivity index (χ4n) is 7.06. The van der Waals surface area contributed by atoms with Crippen molar-refractivity contribution in [3.8, 4) is 0 Å². The van der Waals surface area contributed by atoms with Crippen LogP contribution in [0.3, 0.4) is 0 Å². The van der Waals surface area contributed by atoms with Gasteiger partial charge in [0.15, 0.2) is 0 Å². The summed E-state index contributed by atoms with van der Waals surface area (Å²) in [6.45, 7) is 17.8. The second-order valence-electron chi connectivity index (χ2n) is 15.5. The van der Waals surface area contributed by atoms with Gasteiger partial charge in [-0.25, -0.2) is 0 Å². The van der Waals surface area contributed by atoms with E-state index >= 15 is 0 Å². The molecule has 2 N–H and O–H groups in total. The van der Waals surface area contributed by atoms with Crippen LogP contribution in [0.1, 0.15) is 106 Å². The van der Waals surface area contributed by atoms with E-state index in [9.17, 15) is 24.3 Å². The molecule has 0 radical (unpaired) electrons. The molecule has 10 nitrogen and oxygen atoms in total. The highest BCUT2D eigenvalue weighted by Crippen LogP contribution is 2.31. The molecule has 0 unspecified atom stereocenters. The van der Waals surface area contributed by atoms with E-state index in [4.69, 9.17) is 9.47 Å². The van der Waals surface area contributed by atoms with Crippen molar-refractivity contribution in [2.75, 3.05) is 27.8 Å². The standard InChI is InChI=1S/C39H65N3O7/c1-13-25(4)34(41(10)38(47)29(24(2)3)22-32(43)39(7,8)9)31(48-11)23-33(44)42-21-17-20-30(42)36(49-12)26(5)37(46)40-27(6)35(45)28-18-15-14-16-19-28/h14-16,18-19,24-27,29-31,34-36,45H,13,17,20-23H2,1-12H3,(H,40,46)/t25-,26+,27+,29-,30-,31+,34-,35+,36+/m0/s1. The monoisotopic (exact) mass is 687 g/mol. The van der Waals surface area contributed by atoms with Gasteiger partial charge < -0.3 is 29.7 Å². The molecule has 278 valence electrons. The van der Waals surface area contributed by atoms with E-state index in [1.807, 2.05) is 65.0 Å². The average Bonchev–Trinajstić information content (AvgIpc) is 3.55.